The van der Waals surface area contributed by atoms with Gasteiger partial charge in [-0.3, -0.25) is 14.4 Å². The Labute approximate surface area is 175 Å². The molecule has 29 heavy (non-hydrogen) atoms. The molecule has 0 aliphatic rings. The fourth-order valence-electron chi connectivity index (χ4n) is 2.68. The zero-order valence-electron chi connectivity index (χ0n) is 16.9. The molecule has 1 N–H and O–H groups in total. The molecule has 6 nitrogen and oxygen atoms in total. The van der Waals surface area contributed by atoms with Crippen LogP contribution in [0.2, 0.25) is 5.02 Å². The smallest absolute Gasteiger partial charge is 0.307 e. The Morgan fingerprint density at radius 2 is 1.79 bits per heavy atom. The van der Waals surface area contributed by atoms with Gasteiger partial charge in [-0.25, -0.2) is 0 Å². The molecule has 0 aromatic heterocycles. The molecule has 0 radical (unpaired) electrons. The van der Waals surface area contributed by atoms with Gasteiger partial charge in [0.15, 0.2) is 11.9 Å². The number of hydrogen-bond acceptors (Lipinski definition) is 5. The van der Waals surface area contributed by atoms with Crippen LogP contribution in [0, 0.1) is 13.8 Å². The number of ketones is 1. The van der Waals surface area contributed by atoms with E-state index in [-0.39, 0.29) is 18.6 Å². The van der Waals surface area contributed by atoms with Crippen LogP contribution in [0.5, 0.6) is 5.75 Å². The Morgan fingerprint density at radius 1 is 1.07 bits per heavy atom. The number of hydrogen-bond donors (Lipinski definition) is 1. The third kappa shape index (κ3) is 6.32. The molecule has 2 rings (SSSR count). The third-order valence-corrected chi connectivity index (χ3v) is 4.64. The molecule has 7 heteroatoms. The highest BCUT2D eigenvalue weighted by molar-refractivity contribution is 6.32. The number of rotatable bonds is 8. The van der Waals surface area contributed by atoms with Crippen LogP contribution < -0.4 is 10.1 Å². The number of amides is 1. The lowest BCUT2D eigenvalue weighted by atomic mass is 9.99. The largest absolute Gasteiger partial charge is 0.495 e. The Balaban J connectivity index is 1.86. The summed E-state index contributed by atoms with van der Waals surface area (Å²) in [6.07, 6.45) is -1.09. The summed E-state index contributed by atoms with van der Waals surface area (Å²) < 4.78 is 10.2. The maximum atomic E-state index is 12.4. The minimum Gasteiger partial charge on any atom is -0.495 e. The molecule has 0 aliphatic heterocycles. The Morgan fingerprint density at radius 3 is 2.45 bits per heavy atom. The van der Waals surface area contributed by atoms with Crippen molar-refractivity contribution in [3.05, 3.63) is 58.1 Å². The van der Waals surface area contributed by atoms with Crippen molar-refractivity contribution in [3.63, 3.8) is 0 Å². The maximum absolute atomic E-state index is 12.4. The van der Waals surface area contributed by atoms with E-state index in [2.05, 4.69) is 5.32 Å². The van der Waals surface area contributed by atoms with Gasteiger partial charge in [0, 0.05) is 17.7 Å². The first-order valence-corrected chi connectivity index (χ1v) is 9.53. The molecular weight excluding hydrogens is 394 g/mol. The highest BCUT2D eigenvalue weighted by Gasteiger charge is 2.19. The number of benzene rings is 2. The van der Waals surface area contributed by atoms with Crippen molar-refractivity contribution in [1.29, 1.82) is 0 Å². The van der Waals surface area contributed by atoms with Crippen molar-refractivity contribution in [2.75, 3.05) is 12.4 Å². The van der Waals surface area contributed by atoms with Crippen molar-refractivity contribution in [2.45, 2.75) is 39.7 Å². The van der Waals surface area contributed by atoms with Gasteiger partial charge in [0.25, 0.3) is 5.91 Å². The summed E-state index contributed by atoms with van der Waals surface area (Å²) in [6.45, 7) is 5.22. The average Bonchev–Trinajstić information content (AvgIpc) is 2.68. The van der Waals surface area contributed by atoms with Crippen molar-refractivity contribution >= 4 is 34.9 Å². The number of esters is 1. The first-order chi connectivity index (χ1) is 13.7. The lowest BCUT2D eigenvalue weighted by Gasteiger charge is -2.14. The van der Waals surface area contributed by atoms with Gasteiger partial charge in [0.2, 0.25) is 0 Å². The van der Waals surface area contributed by atoms with Crippen molar-refractivity contribution in [2.24, 2.45) is 0 Å². The molecule has 1 atom stereocenters. The molecule has 0 fully saturated rings. The molecular formula is C22H24ClNO5. The van der Waals surface area contributed by atoms with Gasteiger partial charge in [-0.05, 0) is 50.6 Å². The molecule has 0 unspecified atom stereocenters. The number of methoxy groups -OCH3 is 1. The quantitative estimate of drug-likeness (QED) is 0.505. The normalized spacial score (nSPS) is 11.5. The lowest BCUT2D eigenvalue weighted by Crippen LogP contribution is -2.30. The van der Waals surface area contributed by atoms with E-state index in [1.54, 1.807) is 18.2 Å². The number of carbonyl (C=O) groups is 3. The van der Waals surface area contributed by atoms with Crippen LogP contribution in [-0.4, -0.2) is 30.9 Å². The topological polar surface area (TPSA) is 81.7 Å². The van der Waals surface area contributed by atoms with E-state index in [0.717, 1.165) is 11.1 Å². The number of halogens is 1. The summed E-state index contributed by atoms with van der Waals surface area (Å²) in [6, 6.07) is 10.4. The predicted molar refractivity (Wildman–Crippen MR) is 112 cm³/mol. The van der Waals surface area contributed by atoms with Gasteiger partial charge in [-0.2, -0.15) is 0 Å². The van der Waals surface area contributed by atoms with Crippen LogP contribution in [-0.2, 0) is 14.3 Å². The minimum atomic E-state index is -1.01. The van der Waals surface area contributed by atoms with Gasteiger partial charge in [0.05, 0.1) is 18.6 Å². The zero-order chi connectivity index (χ0) is 21.6. The average molecular weight is 418 g/mol. The van der Waals surface area contributed by atoms with Crippen molar-refractivity contribution in [1.82, 2.24) is 0 Å². The van der Waals surface area contributed by atoms with E-state index in [4.69, 9.17) is 21.1 Å². The fraction of sp³-hybridized carbons (Fsp3) is 0.318. The van der Waals surface area contributed by atoms with E-state index in [9.17, 15) is 14.4 Å². The van der Waals surface area contributed by atoms with Crippen LogP contribution in [0.1, 0.15) is 41.3 Å². The maximum Gasteiger partial charge on any atom is 0.307 e. The van der Waals surface area contributed by atoms with E-state index in [1.807, 2.05) is 26.0 Å². The first-order valence-electron chi connectivity index (χ1n) is 9.15. The van der Waals surface area contributed by atoms with E-state index in [0.29, 0.717) is 22.0 Å². The highest BCUT2D eigenvalue weighted by atomic mass is 35.5. The molecule has 0 saturated carbocycles. The molecule has 2 aromatic carbocycles. The molecule has 0 spiro atoms. The van der Waals surface area contributed by atoms with Crippen LogP contribution in [0.15, 0.2) is 36.4 Å². The second-order valence-electron chi connectivity index (χ2n) is 6.71. The molecule has 154 valence electrons. The summed E-state index contributed by atoms with van der Waals surface area (Å²) in [5.74, 6) is -0.759. The van der Waals surface area contributed by atoms with Crippen molar-refractivity contribution in [3.8, 4) is 5.75 Å². The molecule has 0 aliphatic carbocycles. The summed E-state index contributed by atoms with van der Waals surface area (Å²) in [5.41, 5.74) is 2.89. The number of Topliss-reactive ketones (excluding diaryl/α,β-unsaturated/α-hetero) is 1. The second-order valence-corrected chi connectivity index (χ2v) is 7.12. The minimum absolute atomic E-state index is 0.0194. The fourth-order valence-corrected chi connectivity index (χ4v) is 2.94. The molecule has 0 heterocycles. The summed E-state index contributed by atoms with van der Waals surface area (Å²) in [4.78, 5) is 36.6. The van der Waals surface area contributed by atoms with Crippen LogP contribution in [0.3, 0.4) is 0 Å². The van der Waals surface area contributed by atoms with E-state index in [1.165, 1.54) is 20.1 Å². The van der Waals surface area contributed by atoms with Crippen molar-refractivity contribution < 1.29 is 23.9 Å². The lowest BCUT2D eigenvalue weighted by molar-refractivity contribution is -0.153. The Hall–Kier alpha value is -2.86. The Kier molecular flexibility index (Phi) is 7.79. The summed E-state index contributed by atoms with van der Waals surface area (Å²) in [5, 5.41) is 2.97. The predicted octanol–water partition coefficient (Wildman–Crippen LogP) is 4.50. The number of anilines is 1. The zero-order valence-corrected chi connectivity index (χ0v) is 17.6. The number of ether oxygens (including phenoxy) is 2. The molecule has 0 saturated heterocycles. The molecule has 0 bridgehead atoms. The van der Waals surface area contributed by atoms with Gasteiger partial charge < -0.3 is 14.8 Å². The molecule has 2 aromatic rings. The van der Waals surface area contributed by atoms with Gasteiger partial charge in [0.1, 0.15) is 5.75 Å². The standard InChI is InChI=1S/C22H24ClNO5/c1-13-5-6-14(2)17(11-13)19(25)8-10-21(26)29-15(3)22(27)24-16-7-9-20(28-4)18(23)12-16/h5-7,9,11-12,15H,8,10H2,1-4H3,(H,24,27)/t15-/m1/s1. The van der Waals surface area contributed by atoms with E-state index < -0.39 is 18.0 Å². The number of nitrogens with one attached hydrogen (secondary N) is 1. The van der Waals surface area contributed by atoms with Crippen LogP contribution in [0.4, 0.5) is 5.69 Å². The second kappa shape index (κ2) is 10.1. The SMILES string of the molecule is COc1ccc(NC(=O)[C@@H](C)OC(=O)CCC(=O)c2cc(C)ccc2C)cc1Cl. The summed E-state index contributed by atoms with van der Waals surface area (Å²) >= 11 is 6.03. The Bertz CT molecular complexity index is 925. The number of aryl methyl sites for hydroxylation is 2. The monoisotopic (exact) mass is 417 g/mol. The first kappa shape index (κ1) is 22.4. The van der Waals surface area contributed by atoms with Gasteiger partial charge in [-0.15, -0.1) is 0 Å². The third-order valence-electron chi connectivity index (χ3n) is 4.35. The summed E-state index contributed by atoms with van der Waals surface area (Å²) in [7, 11) is 1.49. The molecule has 1 amide bonds. The van der Waals surface area contributed by atoms with Gasteiger partial charge in [-0.1, -0.05) is 29.3 Å². The highest BCUT2D eigenvalue weighted by Crippen LogP contribution is 2.27. The van der Waals surface area contributed by atoms with Gasteiger partial charge >= 0.3 is 5.97 Å². The van der Waals surface area contributed by atoms with E-state index >= 15 is 0 Å². The van der Waals surface area contributed by atoms with Crippen LogP contribution >= 0.6 is 11.6 Å². The number of carbonyl (C=O) groups excluding carboxylic acids is 3. The van der Waals surface area contributed by atoms with Crippen LogP contribution in [0.25, 0.3) is 0 Å².